The molecule has 50 heavy (non-hydrogen) atoms. The van der Waals surface area contributed by atoms with Crippen LogP contribution in [0.3, 0.4) is 0 Å². The van der Waals surface area contributed by atoms with Crippen LogP contribution in [0.15, 0.2) is 0 Å². The maximum Gasteiger partial charge on any atom is 0.326 e. The number of rotatable bonds is 8. The molecule has 2 heterocycles. The zero-order chi connectivity index (χ0) is 35.6. The van der Waals surface area contributed by atoms with Gasteiger partial charge in [0.25, 0.3) is 0 Å². The molecular formula is C40H62N2O8. The number of carboxylic acid groups (broad SMARTS) is 1. The first-order chi connectivity index (χ1) is 23.6. The number of aliphatic carboxylic acids is 1. The molecule has 2 amide bonds. The highest BCUT2D eigenvalue weighted by molar-refractivity contribution is 5.82. The average molecular weight is 699 g/mol. The minimum Gasteiger partial charge on any atom is -0.480 e. The molecule has 0 aromatic rings. The first-order valence-electron chi connectivity index (χ1n) is 20.0. The van der Waals surface area contributed by atoms with E-state index in [1.807, 2.05) is 4.90 Å². The first kappa shape index (κ1) is 35.3. The summed E-state index contributed by atoms with van der Waals surface area (Å²) >= 11 is 0. The molecule has 2 N–H and O–H groups in total. The number of aliphatic hydroxyl groups excluding tert-OH is 1. The van der Waals surface area contributed by atoms with E-state index in [1.165, 1.54) is 37.5 Å². The summed E-state index contributed by atoms with van der Waals surface area (Å²) in [7, 11) is 0. The van der Waals surface area contributed by atoms with E-state index in [9.17, 15) is 24.6 Å². The number of hydrogen-bond donors (Lipinski definition) is 2. The predicted molar refractivity (Wildman–Crippen MR) is 185 cm³/mol. The summed E-state index contributed by atoms with van der Waals surface area (Å²) in [4.78, 5) is 40.5. The average Bonchev–Trinajstić information content (AvgIpc) is 4.00. The SMILES string of the molecule is CC(=O)N(CC1CCC2C(O1)C(O)C1(C)C3CCC4C(C)(C)C(OC5CN(C(=O)CC6CC6)CCO5)CCC45CC35CCC21C)C(C)C(=O)O. The van der Waals surface area contributed by atoms with Gasteiger partial charge in [-0.05, 0) is 123 Å². The van der Waals surface area contributed by atoms with Crippen LogP contribution in [0.2, 0.25) is 0 Å². The Morgan fingerprint density at radius 1 is 0.960 bits per heavy atom. The third-order valence-electron chi connectivity index (χ3n) is 17.0. The van der Waals surface area contributed by atoms with E-state index in [2.05, 4.69) is 27.7 Å². The van der Waals surface area contributed by atoms with Gasteiger partial charge >= 0.3 is 5.97 Å². The van der Waals surface area contributed by atoms with Crippen molar-refractivity contribution in [3.05, 3.63) is 0 Å². The summed E-state index contributed by atoms with van der Waals surface area (Å²) in [6.45, 7) is 14.6. The van der Waals surface area contributed by atoms with E-state index >= 15 is 0 Å². The smallest absolute Gasteiger partial charge is 0.326 e. The van der Waals surface area contributed by atoms with E-state index in [0.29, 0.717) is 43.9 Å². The van der Waals surface area contributed by atoms with Crippen LogP contribution in [-0.4, -0.2) is 101 Å². The lowest BCUT2D eigenvalue weighted by molar-refractivity contribution is -0.248. The number of carbonyl (C=O) groups is 3. The summed E-state index contributed by atoms with van der Waals surface area (Å²) in [5, 5.41) is 22.1. The molecule has 10 nitrogen and oxygen atoms in total. The molecule has 6 aliphatic carbocycles. The maximum absolute atomic E-state index is 12.9. The number of amides is 2. The summed E-state index contributed by atoms with van der Waals surface area (Å²) in [5.41, 5.74) is 0.167. The minimum absolute atomic E-state index is 0.0215. The van der Waals surface area contributed by atoms with Crippen LogP contribution in [0.1, 0.15) is 119 Å². The molecule has 2 saturated heterocycles. The normalized spacial score (nSPS) is 47.9. The van der Waals surface area contributed by atoms with Gasteiger partial charge in [-0.3, -0.25) is 9.59 Å². The third-order valence-corrected chi connectivity index (χ3v) is 17.0. The van der Waals surface area contributed by atoms with Crippen molar-refractivity contribution in [3.63, 3.8) is 0 Å². The van der Waals surface area contributed by atoms with Crippen molar-refractivity contribution < 1.29 is 38.8 Å². The van der Waals surface area contributed by atoms with Gasteiger partial charge in [0.05, 0.1) is 37.6 Å². The van der Waals surface area contributed by atoms with Crippen molar-refractivity contribution >= 4 is 17.8 Å². The van der Waals surface area contributed by atoms with Crippen LogP contribution in [0.5, 0.6) is 0 Å². The van der Waals surface area contributed by atoms with Crippen LogP contribution >= 0.6 is 0 Å². The Hall–Kier alpha value is -1.75. The van der Waals surface area contributed by atoms with E-state index in [0.717, 1.165) is 44.9 Å². The molecule has 10 heteroatoms. The predicted octanol–water partition coefficient (Wildman–Crippen LogP) is 5.25. The number of nitrogens with zero attached hydrogens (tertiary/aromatic N) is 2. The fourth-order valence-electron chi connectivity index (χ4n) is 13.9. The lowest BCUT2D eigenvalue weighted by Gasteiger charge is -2.63. The van der Waals surface area contributed by atoms with Gasteiger partial charge < -0.3 is 34.2 Å². The van der Waals surface area contributed by atoms with Crippen LogP contribution in [0, 0.1) is 50.7 Å². The largest absolute Gasteiger partial charge is 0.480 e. The minimum atomic E-state index is -1.02. The van der Waals surface area contributed by atoms with Crippen molar-refractivity contribution in [3.8, 4) is 0 Å². The summed E-state index contributed by atoms with van der Waals surface area (Å²) in [6, 6.07) is -0.920. The lowest BCUT2D eigenvalue weighted by Crippen LogP contribution is -2.60. The number of fused-ring (bicyclic) bond motifs is 4. The Bertz CT molecular complexity index is 1400. The Morgan fingerprint density at radius 2 is 1.68 bits per heavy atom. The topological polar surface area (TPSA) is 126 Å². The van der Waals surface area contributed by atoms with Gasteiger partial charge in [0.2, 0.25) is 11.8 Å². The molecule has 0 aromatic carbocycles. The van der Waals surface area contributed by atoms with Crippen molar-refractivity contribution in [1.29, 1.82) is 0 Å². The fourth-order valence-corrected chi connectivity index (χ4v) is 13.9. The Labute approximate surface area is 298 Å². The molecule has 2 spiro atoms. The molecule has 0 bridgehead atoms. The monoisotopic (exact) mass is 698 g/mol. The van der Waals surface area contributed by atoms with Crippen LogP contribution in [0.25, 0.3) is 0 Å². The second-order valence-electron chi connectivity index (χ2n) is 19.2. The van der Waals surface area contributed by atoms with Crippen LogP contribution in [-0.2, 0) is 28.6 Å². The molecule has 0 aromatic heterocycles. The molecule has 8 aliphatic rings. The van der Waals surface area contributed by atoms with E-state index in [4.69, 9.17) is 14.2 Å². The number of carboxylic acids is 1. The van der Waals surface area contributed by atoms with Gasteiger partial charge in [-0.2, -0.15) is 0 Å². The van der Waals surface area contributed by atoms with Crippen LogP contribution in [0.4, 0.5) is 0 Å². The zero-order valence-electron chi connectivity index (χ0n) is 31.3. The van der Waals surface area contributed by atoms with Gasteiger partial charge in [0.15, 0.2) is 6.29 Å². The third kappa shape index (κ3) is 4.95. The van der Waals surface area contributed by atoms with Crippen LogP contribution < -0.4 is 0 Å². The molecule has 8 fully saturated rings. The van der Waals surface area contributed by atoms with Gasteiger partial charge in [-0.1, -0.05) is 27.7 Å². The number of morpholine rings is 1. The van der Waals surface area contributed by atoms with Gasteiger partial charge in [-0.15, -0.1) is 0 Å². The van der Waals surface area contributed by atoms with Gasteiger partial charge in [-0.25, -0.2) is 4.79 Å². The number of aliphatic hydroxyl groups is 1. The number of carbonyl (C=O) groups excluding carboxylic acids is 2. The van der Waals surface area contributed by atoms with E-state index < -0.39 is 18.1 Å². The van der Waals surface area contributed by atoms with Crippen molar-refractivity contribution in [2.24, 2.45) is 50.7 Å². The molecule has 8 rings (SSSR count). The molecule has 6 saturated carbocycles. The number of hydrogen-bond acceptors (Lipinski definition) is 7. The molecule has 2 aliphatic heterocycles. The highest BCUT2D eigenvalue weighted by Gasteiger charge is 2.84. The number of ether oxygens (including phenoxy) is 3. The highest BCUT2D eigenvalue weighted by Crippen LogP contribution is 2.89. The Morgan fingerprint density at radius 3 is 2.38 bits per heavy atom. The molecule has 13 unspecified atom stereocenters. The molecule has 0 radical (unpaired) electrons. The van der Waals surface area contributed by atoms with Crippen molar-refractivity contribution in [2.45, 2.75) is 155 Å². The Balaban J connectivity index is 0.974. The second-order valence-corrected chi connectivity index (χ2v) is 19.2. The molecule has 13 atom stereocenters. The first-order valence-corrected chi connectivity index (χ1v) is 20.0. The highest BCUT2D eigenvalue weighted by atomic mass is 16.7. The van der Waals surface area contributed by atoms with Crippen molar-refractivity contribution in [1.82, 2.24) is 9.80 Å². The van der Waals surface area contributed by atoms with Gasteiger partial charge in [0.1, 0.15) is 6.04 Å². The second kappa shape index (κ2) is 11.9. The maximum atomic E-state index is 12.9. The van der Waals surface area contributed by atoms with E-state index in [1.54, 1.807) is 6.92 Å². The lowest BCUT2D eigenvalue weighted by atomic mass is 9.41. The fraction of sp³-hybridized carbons (Fsp3) is 0.925. The molecule has 280 valence electrons. The van der Waals surface area contributed by atoms with E-state index in [-0.39, 0.29) is 76.0 Å². The zero-order valence-corrected chi connectivity index (χ0v) is 31.3. The summed E-state index contributed by atoms with van der Waals surface area (Å²) in [5.74, 6) is 0.766. The summed E-state index contributed by atoms with van der Waals surface area (Å²) in [6.07, 6.45) is 11.2. The standard InChI is InChI=1S/C40H62N2O8/c1-23(35(46)47)42(24(2)43)20-26-9-10-27-33(49-26)34(45)38(6)29-12-11-28-36(3,4)30(13-14-39(28)22-40(29,39)16-15-37(27,38)5)50-32-21-41(17-18-48-32)31(44)19-25-7-8-25/h23,25-30,32-34,45H,7-22H2,1-6H3,(H,46,47). The van der Waals surface area contributed by atoms with Crippen molar-refractivity contribution in [2.75, 3.05) is 26.2 Å². The summed E-state index contributed by atoms with van der Waals surface area (Å²) < 4.78 is 19.7. The Kier molecular flexibility index (Phi) is 8.38. The quantitative estimate of drug-likeness (QED) is 0.353. The van der Waals surface area contributed by atoms with Gasteiger partial charge in [0, 0.05) is 31.8 Å². The molecular weight excluding hydrogens is 636 g/mol.